The first kappa shape index (κ1) is 25.3. The van der Waals surface area contributed by atoms with Gasteiger partial charge in [-0.25, -0.2) is 9.18 Å². The maximum Gasteiger partial charge on any atom is 0.414 e. The molecule has 0 spiro atoms. The average Bonchev–Trinajstić information content (AvgIpc) is 3.17. The van der Waals surface area contributed by atoms with E-state index in [9.17, 15) is 27.6 Å². The van der Waals surface area contributed by atoms with E-state index in [2.05, 4.69) is 17.2 Å². The van der Waals surface area contributed by atoms with Crippen molar-refractivity contribution < 1.29 is 27.5 Å². The molecule has 0 aliphatic carbocycles. The Hall–Kier alpha value is -4.78. The van der Waals surface area contributed by atoms with Crippen LogP contribution in [0.4, 0.5) is 35.0 Å². The minimum Gasteiger partial charge on any atom is -0.442 e. The van der Waals surface area contributed by atoms with Crippen LogP contribution < -0.4 is 21.0 Å². The van der Waals surface area contributed by atoms with E-state index in [4.69, 9.17) is 4.74 Å². The van der Waals surface area contributed by atoms with Crippen LogP contribution in [-0.4, -0.2) is 37.6 Å². The Bertz CT molecular complexity index is 1440. The molecule has 4 rings (SSSR count). The zero-order valence-corrected chi connectivity index (χ0v) is 19.2. The van der Waals surface area contributed by atoms with Crippen LogP contribution in [0.3, 0.4) is 0 Å². The lowest BCUT2D eigenvalue weighted by molar-refractivity contribution is -0.132. The topological polar surface area (TPSA) is 87.7 Å². The van der Waals surface area contributed by atoms with Crippen molar-refractivity contribution in [2.75, 3.05) is 23.3 Å². The van der Waals surface area contributed by atoms with E-state index in [0.29, 0.717) is 5.56 Å². The second-order valence-electron chi connectivity index (χ2n) is 7.97. The van der Waals surface area contributed by atoms with Crippen LogP contribution in [0.1, 0.15) is 11.1 Å². The number of hydrogen-bond donors (Lipinski definition) is 2. The molecule has 0 bridgehead atoms. The Kier molecular flexibility index (Phi) is 7.74. The standard InChI is InChI=1S/C27H20F3N3O4/c28-21-14-19(33-16-20(37-27(33)36)15-31-26(35)25(29)30)11-12-22(21)32-23-13-18(7-4-8-24(23)34)10-9-17-5-2-1-3-6-17/h1-8,11-14,20,25H,15-16H2,(H,31,35)(H,32,34). The molecule has 7 nitrogen and oxygen atoms in total. The highest BCUT2D eigenvalue weighted by molar-refractivity contribution is 5.90. The van der Waals surface area contributed by atoms with Crippen LogP contribution in [-0.2, 0) is 9.53 Å². The van der Waals surface area contributed by atoms with Gasteiger partial charge in [-0.05, 0) is 48.5 Å². The number of cyclic esters (lactones) is 1. The Morgan fingerprint density at radius 2 is 1.70 bits per heavy atom. The van der Waals surface area contributed by atoms with E-state index in [1.165, 1.54) is 24.3 Å². The van der Waals surface area contributed by atoms with Gasteiger partial charge in [0, 0.05) is 11.1 Å². The second kappa shape index (κ2) is 11.3. The second-order valence-corrected chi connectivity index (χ2v) is 7.97. The predicted molar refractivity (Wildman–Crippen MR) is 131 cm³/mol. The summed E-state index contributed by atoms with van der Waals surface area (Å²) in [5, 5.41) is 4.75. The van der Waals surface area contributed by atoms with Crippen LogP contribution in [0.5, 0.6) is 0 Å². The molecule has 3 aromatic carbocycles. The van der Waals surface area contributed by atoms with Crippen LogP contribution in [0.15, 0.2) is 77.6 Å². The number of carbonyl (C=O) groups excluding carboxylic acids is 2. The number of alkyl halides is 2. The lowest BCUT2D eigenvalue weighted by Crippen LogP contribution is -2.37. The highest BCUT2D eigenvalue weighted by Crippen LogP contribution is 2.27. The van der Waals surface area contributed by atoms with Crippen molar-refractivity contribution in [2.24, 2.45) is 0 Å². The van der Waals surface area contributed by atoms with Crippen molar-refractivity contribution in [1.82, 2.24) is 5.32 Å². The third-order valence-electron chi connectivity index (χ3n) is 5.32. The number of nitrogens with zero attached hydrogens (tertiary/aromatic N) is 1. The third kappa shape index (κ3) is 6.46. The molecule has 1 aliphatic rings. The molecule has 37 heavy (non-hydrogen) atoms. The first-order valence-corrected chi connectivity index (χ1v) is 11.1. The normalized spacial score (nSPS) is 14.5. The number of carbonyl (C=O) groups is 2. The van der Waals surface area contributed by atoms with Gasteiger partial charge in [-0.1, -0.05) is 36.1 Å². The fraction of sp³-hybridized carbons (Fsp3) is 0.148. The van der Waals surface area contributed by atoms with E-state index in [0.717, 1.165) is 16.5 Å². The number of anilines is 3. The molecule has 0 aromatic heterocycles. The van der Waals surface area contributed by atoms with Crippen LogP contribution in [0.25, 0.3) is 0 Å². The van der Waals surface area contributed by atoms with Crippen molar-refractivity contribution in [3.05, 3.63) is 100.0 Å². The number of ether oxygens (including phenoxy) is 1. The smallest absolute Gasteiger partial charge is 0.414 e. The molecular formula is C27H20F3N3O4. The molecule has 1 aliphatic heterocycles. The number of hydrogen-bond acceptors (Lipinski definition) is 5. The van der Waals surface area contributed by atoms with Crippen molar-refractivity contribution in [3.63, 3.8) is 0 Å². The van der Waals surface area contributed by atoms with Crippen molar-refractivity contribution in [1.29, 1.82) is 0 Å². The van der Waals surface area contributed by atoms with E-state index >= 15 is 0 Å². The predicted octanol–water partition coefficient (Wildman–Crippen LogP) is 4.04. The first-order chi connectivity index (χ1) is 17.8. The molecule has 3 aromatic rings. The molecule has 1 atom stereocenters. The van der Waals surface area contributed by atoms with Gasteiger partial charge in [0.1, 0.15) is 11.9 Å². The first-order valence-electron chi connectivity index (χ1n) is 11.1. The summed E-state index contributed by atoms with van der Waals surface area (Å²) in [6, 6.07) is 19.2. The van der Waals surface area contributed by atoms with Gasteiger partial charge in [-0.3, -0.25) is 14.5 Å². The molecule has 0 radical (unpaired) electrons. The minimum atomic E-state index is -3.18. The average molecular weight is 507 g/mol. The summed E-state index contributed by atoms with van der Waals surface area (Å²) in [5.74, 6) is 3.76. The highest BCUT2D eigenvalue weighted by Gasteiger charge is 2.33. The number of halogens is 3. The van der Waals surface area contributed by atoms with E-state index < -0.39 is 30.3 Å². The quantitative estimate of drug-likeness (QED) is 0.492. The van der Waals surface area contributed by atoms with Gasteiger partial charge in [0.05, 0.1) is 30.2 Å². The van der Waals surface area contributed by atoms with E-state index in [1.807, 2.05) is 35.6 Å². The monoisotopic (exact) mass is 507 g/mol. The van der Waals surface area contributed by atoms with Gasteiger partial charge < -0.3 is 15.4 Å². The zero-order chi connectivity index (χ0) is 26.4. The summed E-state index contributed by atoms with van der Waals surface area (Å²) in [6.07, 6.45) is -4.87. The van der Waals surface area contributed by atoms with E-state index in [1.54, 1.807) is 12.1 Å². The lowest BCUT2D eigenvalue weighted by Gasteiger charge is -2.15. The Morgan fingerprint density at radius 1 is 0.973 bits per heavy atom. The van der Waals surface area contributed by atoms with Crippen molar-refractivity contribution in [3.8, 4) is 11.8 Å². The maximum atomic E-state index is 14.9. The van der Waals surface area contributed by atoms with Crippen LogP contribution in [0.2, 0.25) is 0 Å². The van der Waals surface area contributed by atoms with Gasteiger partial charge in [-0.2, -0.15) is 8.78 Å². The van der Waals surface area contributed by atoms with Crippen LogP contribution in [0, 0.1) is 17.7 Å². The van der Waals surface area contributed by atoms with Crippen molar-refractivity contribution in [2.45, 2.75) is 12.5 Å². The molecule has 10 heteroatoms. The highest BCUT2D eigenvalue weighted by atomic mass is 19.3. The number of amides is 2. The summed E-state index contributed by atoms with van der Waals surface area (Å²) >= 11 is 0. The summed E-state index contributed by atoms with van der Waals surface area (Å²) in [7, 11) is 0. The molecule has 2 N–H and O–H groups in total. The summed E-state index contributed by atoms with van der Waals surface area (Å²) in [6.45, 7) is -0.377. The number of benzene rings is 2. The molecule has 0 saturated carbocycles. The summed E-state index contributed by atoms with van der Waals surface area (Å²) < 4.78 is 44.7. The molecule has 1 saturated heterocycles. The minimum absolute atomic E-state index is 0.0117. The summed E-state index contributed by atoms with van der Waals surface area (Å²) in [4.78, 5) is 36.8. The maximum absolute atomic E-state index is 14.9. The number of nitrogens with one attached hydrogen (secondary N) is 2. The molecule has 1 fully saturated rings. The largest absolute Gasteiger partial charge is 0.442 e. The fourth-order valence-corrected chi connectivity index (χ4v) is 3.49. The Balaban J connectivity index is 1.49. The van der Waals surface area contributed by atoms with Gasteiger partial charge >= 0.3 is 12.5 Å². The van der Waals surface area contributed by atoms with Crippen molar-refractivity contribution >= 4 is 29.1 Å². The Morgan fingerprint density at radius 3 is 2.43 bits per heavy atom. The zero-order valence-electron chi connectivity index (χ0n) is 19.2. The van der Waals surface area contributed by atoms with Gasteiger partial charge in [0.25, 0.3) is 5.91 Å². The lowest BCUT2D eigenvalue weighted by atomic mass is 10.2. The molecule has 2 amide bonds. The Labute approximate surface area is 209 Å². The SMILES string of the molecule is O=C(NCC1CN(c2ccc(Nc3cc(C#Cc4ccccc4)cccc3=O)c(F)c2)C(=O)O1)C(F)F. The van der Waals surface area contributed by atoms with Gasteiger partial charge in [-0.15, -0.1) is 0 Å². The molecule has 1 unspecified atom stereocenters. The van der Waals surface area contributed by atoms with Crippen LogP contribution >= 0.6 is 0 Å². The van der Waals surface area contributed by atoms with Gasteiger partial charge in [0.2, 0.25) is 5.43 Å². The number of rotatable bonds is 6. The van der Waals surface area contributed by atoms with Gasteiger partial charge in [0.15, 0.2) is 0 Å². The fourth-order valence-electron chi connectivity index (χ4n) is 3.49. The molecule has 1 heterocycles. The summed E-state index contributed by atoms with van der Waals surface area (Å²) in [5.41, 5.74) is 1.20. The molecular weight excluding hydrogens is 487 g/mol. The molecule has 188 valence electrons. The van der Waals surface area contributed by atoms with E-state index in [-0.39, 0.29) is 35.6 Å². The third-order valence-corrected chi connectivity index (χ3v) is 5.32.